The zero-order valence-corrected chi connectivity index (χ0v) is 16.1. The number of ether oxygens (including phenoxy) is 1. The Labute approximate surface area is 168 Å². The van der Waals surface area contributed by atoms with Crippen molar-refractivity contribution in [2.45, 2.75) is 32.0 Å². The van der Waals surface area contributed by atoms with E-state index >= 15 is 4.39 Å². The van der Waals surface area contributed by atoms with E-state index in [2.05, 4.69) is 15.0 Å². The topological polar surface area (TPSA) is 95.2 Å². The number of carbonyl (C=O) groups is 1. The number of carbonyl (C=O) groups excluding carboxylic acids is 1. The van der Waals surface area contributed by atoms with Crippen LogP contribution in [0, 0.1) is 18.3 Å². The van der Waals surface area contributed by atoms with Crippen LogP contribution in [0.1, 0.15) is 29.7 Å². The lowest BCUT2D eigenvalue weighted by atomic mass is 9.91. The normalized spacial score (nSPS) is 18.2. The van der Waals surface area contributed by atoms with E-state index in [9.17, 15) is 10.1 Å². The predicted octanol–water partition coefficient (Wildman–Crippen LogP) is 1.78. The average molecular weight is 396 g/mol. The first-order valence-electron chi connectivity index (χ1n) is 9.53. The molecule has 8 nitrogen and oxygen atoms in total. The van der Waals surface area contributed by atoms with Gasteiger partial charge >= 0.3 is 0 Å². The molecule has 1 saturated heterocycles. The zero-order valence-electron chi connectivity index (χ0n) is 16.1. The highest BCUT2D eigenvalue weighted by molar-refractivity contribution is 5.85. The summed E-state index contributed by atoms with van der Waals surface area (Å²) in [7, 11) is 0. The van der Waals surface area contributed by atoms with Gasteiger partial charge < -0.3 is 14.5 Å². The van der Waals surface area contributed by atoms with Crippen molar-refractivity contribution in [1.29, 1.82) is 5.26 Å². The maximum absolute atomic E-state index is 15.6. The number of rotatable bonds is 2. The van der Waals surface area contributed by atoms with Crippen LogP contribution in [0.5, 0.6) is 5.75 Å². The van der Waals surface area contributed by atoms with Crippen LogP contribution in [0.2, 0.25) is 0 Å². The molecule has 0 aliphatic carbocycles. The first kappa shape index (κ1) is 19.1. The van der Waals surface area contributed by atoms with Crippen LogP contribution in [0.3, 0.4) is 0 Å². The van der Waals surface area contributed by atoms with E-state index in [1.807, 2.05) is 24.0 Å². The molecule has 0 N–H and O–H groups in total. The van der Waals surface area contributed by atoms with Gasteiger partial charge in [-0.15, -0.1) is 0 Å². The molecule has 0 saturated carbocycles. The van der Waals surface area contributed by atoms with Crippen molar-refractivity contribution in [1.82, 2.24) is 19.9 Å². The van der Waals surface area contributed by atoms with Gasteiger partial charge in [0.1, 0.15) is 24.0 Å². The van der Waals surface area contributed by atoms with Crippen molar-refractivity contribution >= 4 is 11.9 Å². The Bertz CT molecular complexity index is 968. The summed E-state index contributed by atoms with van der Waals surface area (Å²) in [6.45, 7) is 3.25. The second-order valence-electron chi connectivity index (χ2n) is 7.31. The Balaban J connectivity index is 1.47. The number of fused-ring (bicyclic) bond motifs is 1. The number of anilines is 1. The SMILES string of the molecule is Cc1ccnc(N2CCC(F)(C(=O)N3CCOc4c(C#N)cncc4C3)CC2)n1. The summed E-state index contributed by atoms with van der Waals surface area (Å²) in [5, 5.41) is 9.22. The summed E-state index contributed by atoms with van der Waals surface area (Å²) in [5.74, 6) is 0.449. The highest BCUT2D eigenvalue weighted by Crippen LogP contribution is 2.33. The molecule has 4 rings (SSSR count). The zero-order chi connectivity index (χ0) is 20.4. The number of alkyl halides is 1. The maximum atomic E-state index is 15.6. The minimum Gasteiger partial charge on any atom is -0.490 e. The van der Waals surface area contributed by atoms with Gasteiger partial charge in [0.25, 0.3) is 5.91 Å². The van der Waals surface area contributed by atoms with Crippen molar-refractivity contribution < 1.29 is 13.9 Å². The Hall–Kier alpha value is -3.28. The standard InChI is InChI=1S/C20H21FN6O2/c1-14-2-5-24-19(25-14)26-6-3-20(21,4-7-26)18(28)27-8-9-29-17-15(10-22)11-23-12-16(17)13-27/h2,5,11-12H,3-4,6-9,13H2,1H3. The van der Waals surface area contributed by atoms with Gasteiger partial charge in [-0.1, -0.05) is 0 Å². The molecule has 9 heteroatoms. The van der Waals surface area contributed by atoms with Crippen LogP contribution < -0.4 is 9.64 Å². The summed E-state index contributed by atoms with van der Waals surface area (Å²) >= 11 is 0. The van der Waals surface area contributed by atoms with Crippen LogP contribution in [0.4, 0.5) is 10.3 Å². The molecule has 0 aromatic carbocycles. The summed E-state index contributed by atoms with van der Waals surface area (Å²) < 4.78 is 21.3. The molecule has 29 heavy (non-hydrogen) atoms. The number of aryl methyl sites for hydroxylation is 1. The van der Waals surface area contributed by atoms with Crippen LogP contribution in [-0.4, -0.2) is 57.7 Å². The fourth-order valence-corrected chi connectivity index (χ4v) is 3.72. The molecule has 2 aromatic rings. The Morgan fingerprint density at radius 1 is 1.31 bits per heavy atom. The summed E-state index contributed by atoms with van der Waals surface area (Å²) in [6, 6.07) is 3.85. The minimum absolute atomic E-state index is 0.0732. The Morgan fingerprint density at radius 2 is 2.10 bits per heavy atom. The molecule has 0 spiro atoms. The van der Waals surface area contributed by atoms with Crippen molar-refractivity contribution in [3.63, 3.8) is 0 Å². The number of nitriles is 1. The third kappa shape index (κ3) is 3.70. The lowest BCUT2D eigenvalue weighted by Crippen LogP contribution is -2.53. The molecule has 2 aliphatic rings. The van der Waals surface area contributed by atoms with Crippen LogP contribution in [0.25, 0.3) is 0 Å². The number of hydrogen-bond acceptors (Lipinski definition) is 7. The molecule has 0 unspecified atom stereocenters. The third-order valence-electron chi connectivity index (χ3n) is 5.35. The van der Waals surface area contributed by atoms with Gasteiger partial charge in [-0.2, -0.15) is 5.26 Å². The monoisotopic (exact) mass is 396 g/mol. The predicted molar refractivity (Wildman–Crippen MR) is 102 cm³/mol. The fraction of sp³-hybridized carbons (Fsp3) is 0.450. The maximum Gasteiger partial charge on any atom is 0.260 e. The number of pyridine rings is 1. The van der Waals surface area contributed by atoms with E-state index < -0.39 is 11.6 Å². The van der Waals surface area contributed by atoms with E-state index in [-0.39, 0.29) is 32.5 Å². The number of aromatic nitrogens is 3. The fourth-order valence-electron chi connectivity index (χ4n) is 3.72. The average Bonchev–Trinajstić information content (AvgIpc) is 2.96. The summed E-state index contributed by atoms with van der Waals surface area (Å²) in [5.41, 5.74) is -0.162. The van der Waals surface area contributed by atoms with E-state index in [1.54, 1.807) is 12.4 Å². The highest BCUT2D eigenvalue weighted by Gasteiger charge is 2.45. The van der Waals surface area contributed by atoms with Crippen molar-refractivity contribution in [3.8, 4) is 11.8 Å². The molecule has 4 heterocycles. The van der Waals surface area contributed by atoms with Crippen molar-refractivity contribution in [2.75, 3.05) is 31.1 Å². The lowest BCUT2D eigenvalue weighted by Gasteiger charge is -2.37. The number of hydrogen-bond donors (Lipinski definition) is 0. The molecule has 2 aromatic heterocycles. The molecule has 150 valence electrons. The van der Waals surface area contributed by atoms with E-state index in [1.165, 1.54) is 11.1 Å². The summed E-state index contributed by atoms with van der Waals surface area (Å²) in [4.78, 5) is 29.1. The van der Waals surface area contributed by atoms with Crippen molar-refractivity contribution in [2.24, 2.45) is 0 Å². The van der Waals surface area contributed by atoms with Crippen LogP contribution in [0.15, 0.2) is 24.7 Å². The lowest BCUT2D eigenvalue weighted by molar-refractivity contribution is -0.146. The second kappa shape index (κ2) is 7.62. The smallest absolute Gasteiger partial charge is 0.260 e. The van der Waals surface area contributed by atoms with Gasteiger partial charge in [-0.25, -0.2) is 14.4 Å². The van der Waals surface area contributed by atoms with E-state index in [4.69, 9.17) is 4.74 Å². The quantitative estimate of drug-likeness (QED) is 0.763. The Kier molecular flexibility index (Phi) is 5.01. The van der Waals surface area contributed by atoms with Crippen molar-refractivity contribution in [3.05, 3.63) is 41.5 Å². The molecular weight excluding hydrogens is 375 g/mol. The van der Waals surface area contributed by atoms with Gasteiger partial charge in [-0.3, -0.25) is 9.78 Å². The van der Waals surface area contributed by atoms with Crippen LogP contribution >= 0.6 is 0 Å². The Morgan fingerprint density at radius 3 is 2.83 bits per heavy atom. The van der Waals surface area contributed by atoms with Gasteiger partial charge in [-0.05, 0) is 13.0 Å². The number of halogens is 1. The third-order valence-corrected chi connectivity index (χ3v) is 5.35. The molecule has 0 radical (unpaired) electrons. The highest BCUT2D eigenvalue weighted by atomic mass is 19.1. The number of amides is 1. The largest absolute Gasteiger partial charge is 0.490 e. The van der Waals surface area contributed by atoms with E-state index in [0.717, 1.165) is 5.69 Å². The second-order valence-corrected chi connectivity index (χ2v) is 7.31. The molecule has 1 amide bonds. The summed E-state index contributed by atoms with van der Waals surface area (Å²) in [6.07, 6.45) is 4.81. The first-order valence-corrected chi connectivity index (χ1v) is 9.53. The number of nitrogens with zero attached hydrogens (tertiary/aromatic N) is 6. The van der Waals surface area contributed by atoms with Gasteiger partial charge in [0.2, 0.25) is 5.95 Å². The number of piperidine rings is 1. The van der Waals surface area contributed by atoms with E-state index in [0.29, 0.717) is 35.9 Å². The van der Waals surface area contributed by atoms with Gasteiger partial charge in [0.05, 0.1) is 13.1 Å². The molecule has 0 atom stereocenters. The van der Waals surface area contributed by atoms with Gasteiger partial charge in [0.15, 0.2) is 5.67 Å². The molecular formula is C20H21FN6O2. The molecule has 0 bridgehead atoms. The van der Waals surface area contributed by atoms with Crippen LogP contribution in [-0.2, 0) is 11.3 Å². The minimum atomic E-state index is -1.94. The molecule has 1 fully saturated rings. The first-order chi connectivity index (χ1) is 14.0. The molecule has 2 aliphatic heterocycles. The van der Waals surface area contributed by atoms with Gasteiger partial charge in [0, 0.05) is 55.8 Å².